The number of carboxylic acids is 2. The molecule has 102 valence electrons. The van der Waals surface area contributed by atoms with Gasteiger partial charge in [0.15, 0.2) is 5.78 Å². The van der Waals surface area contributed by atoms with E-state index < -0.39 is 17.2 Å². The van der Waals surface area contributed by atoms with Crippen molar-refractivity contribution in [3.05, 3.63) is 34.3 Å². The van der Waals surface area contributed by atoms with E-state index in [4.69, 9.17) is 10.2 Å². The van der Waals surface area contributed by atoms with Gasteiger partial charge in [-0.3, -0.25) is 14.4 Å². The van der Waals surface area contributed by atoms with Crippen LogP contribution >= 0.6 is 27.7 Å². The molecule has 19 heavy (non-hydrogen) atoms. The van der Waals surface area contributed by atoms with E-state index in [1.54, 1.807) is 24.3 Å². The highest BCUT2D eigenvalue weighted by molar-refractivity contribution is 9.10. The number of carbonyl (C=O) groups is 3. The van der Waals surface area contributed by atoms with Crippen molar-refractivity contribution in [3.63, 3.8) is 0 Å². The fourth-order valence-corrected chi connectivity index (χ4v) is 2.33. The molecule has 0 fully saturated rings. The largest absolute Gasteiger partial charge is 0.481 e. The fraction of sp³-hybridized carbons (Fsp3) is 0.250. The van der Waals surface area contributed by atoms with Crippen molar-refractivity contribution in [1.82, 2.24) is 0 Å². The lowest BCUT2D eigenvalue weighted by Crippen LogP contribution is -2.22. The van der Waals surface area contributed by atoms with Gasteiger partial charge in [-0.1, -0.05) is 28.1 Å². The van der Waals surface area contributed by atoms with Crippen LogP contribution in [0.5, 0.6) is 0 Å². The predicted molar refractivity (Wildman–Crippen MR) is 74.6 cm³/mol. The third kappa shape index (κ3) is 5.44. The number of hydrogen-bond acceptors (Lipinski definition) is 4. The minimum Gasteiger partial charge on any atom is -0.481 e. The van der Waals surface area contributed by atoms with Crippen molar-refractivity contribution in [2.75, 3.05) is 5.75 Å². The Morgan fingerprint density at radius 2 is 1.74 bits per heavy atom. The molecule has 0 aliphatic rings. The lowest BCUT2D eigenvalue weighted by atomic mass is 10.1. The van der Waals surface area contributed by atoms with Crippen molar-refractivity contribution in [1.29, 1.82) is 0 Å². The molecule has 0 heterocycles. The molecule has 1 unspecified atom stereocenters. The molecular weight excluding hydrogens is 336 g/mol. The Labute approximate surface area is 122 Å². The minimum absolute atomic E-state index is 0.227. The lowest BCUT2D eigenvalue weighted by molar-refractivity contribution is -0.136. The molecule has 0 radical (unpaired) electrons. The van der Waals surface area contributed by atoms with Gasteiger partial charge in [0.1, 0.15) is 5.25 Å². The molecule has 7 heteroatoms. The number of carboxylic acid groups (broad SMARTS) is 2. The van der Waals surface area contributed by atoms with Gasteiger partial charge in [0.05, 0.1) is 5.75 Å². The number of rotatable bonds is 7. The number of hydrogen-bond donors (Lipinski definition) is 2. The van der Waals surface area contributed by atoms with Crippen molar-refractivity contribution < 1.29 is 24.6 Å². The molecule has 1 aromatic rings. The highest BCUT2D eigenvalue weighted by Gasteiger charge is 2.23. The van der Waals surface area contributed by atoms with Crippen LogP contribution in [0.25, 0.3) is 0 Å². The lowest BCUT2D eigenvalue weighted by Gasteiger charge is -2.10. The molecule has 0 saturated carbocycles. The summed E-state index contributed by atoms with van der Waals surface area (Å²) in [6.07, 6.45) is -0.227. The monoisotopic (exact) mass is 346 g/mol. The number of ketones is 1. The van der Waals surface area contributed by atoms with Crippen molar-refractivity contribution in [2.45, 2.75) is 11.7 Å². The summed E-state index contributed by atoms with van der Waals surface area (Å²) in [7, 11) is 0. The van der Waals surface area contributed by atoms with Crippen LogP contribution in [0, 0.1) is 0 Å². The smallest absolute Gasteiger partial charge is 0.317 e. The summed E-state index contributed by atoms with van der Waals surface area (Å²) in [5, 5.41) is 16.4. The third-order valence-corrected chi connectivity index (χ3v) is 3.93. The molecule has 0 saturated heterocycles. The summed E-state index contributed by atoms with van der Waals surface area (Å²) in [5.74, 6) is -2.95. The number of benzene rings is 1. The summed E-state index contributed by atoms with van der Waals surface area (Å²) in [5.41, 5.74) is 0.408. The Hall–Kier alpha value is -1.34. The first-order valence-corrected chi connectivity index (χ1v) is 7.09. The van der Waals surface area contributed by atoms with Crippen LogP contribution in [0.3, 0.4) is 0 Å². The summed E-state index contributed by atoms with van der Waals surface area (Å²) in [6, 6.07) is 6.56. The number of halogens is 1. The van der Waals surface area contributed by atoms with Gasteiger partial charge in [0.2, 0.25) is 0 Å². The minimum atomic E-state index is -1.18. The topological polar surface area (TPSA) is 91.7 Å². The van der Waals surface area contributed by atoms with Gasteiger partial charge in [0, 0.05) is 16.5 Å². The van der Waals surface area contributed by atoms with E-state index in [9.17, 15) is 14.4 Å². The van der Waals surface area contributed by atoms with Crippen LogP contribution in [0.1, 0.15) is 16.8 Å². The molecule has 1 aromatic carbocycles. The second kappa shape index (κ2) is 7.30. The Kier molecular flexibility index (Phi) is 6.04. The zero-order valence-corrected chi connectivity index (χ0v) is 12.1. The molecule has 0 aliphatic carbocycles. The number of thioether (sulfide) groups is 1. The fourth-order valence-electron chi connectivity index (χ4n) is 1.31. The van der Waals surface area contributed by atoms with Gasteiger partial charge < -0.3 is 10.2 Å². The predicted octanol–water partition coefficient (Wildman–Crippen LogP) is 2.29. The van der Waals surface area contributed by atoms with Gasteiger partial charge in [-0.25, -0.2) is 0 Å². The standard InChI is InChI=1S/C12H11BrO5S/c13-8-3-1-7(2-4-8)9(14)5-10(12(17)18)19-6-11(15)16/h1-4,10H,5-6H2,(H,15,16)(H,17,18). The molecular formula is C12H11BrO5S. The highest BCUT2D eigenvalue weighted by Crippen LogP contribution is 2.19. The summed E-state index contributed by atoms with van der Waals surface area (Å²) in [6.45, 7) is 0. The zero-order chi connectivity index (χ0) is 14.4. The number of Topliss-reactive ketones (excluding diaryl/α,β-unsaturated/α-hetero) is 1. The molecule has 0 aromatic heterocycles. The average molecular weight is 347 g/mol. The van der Waals surface area contributed by atoms with E-state index >= 15 is 0 Å². The molecule has 2 N–H and O–H groups in total. The van der Waals surface area contributed by atoms with Gasteiger partial charge >= 0.3 is 11.9 Å². The Morgan fingerprint density at radius 1 is 1.16 bits per heavy atom. The highest BCUT2D eigenvalue weighted by atomic mass is 79.9. The van der Waals surface area contributed by atoms with E-state index in [1.165, 1.54) is 0 Å². The molecule has 5 nitrogen and oxygen atoms in total. The van der Waals surface area contributed by atoms with E-state index in [1.807, 2.05) is 0 Å². The van der Waals surface area contributed by atoms with E-state index in [-0.39, 0.29) is 18.0 Å². The first-order valence-electron chi connectivity index (χ1n) is 5.25. The third-order valence-electron chi connectivity index (χ3n) is 2.22. The van der Waals surface area contributed by atoms with E-state index in [2.05, 4.69) is 15.9 Å². The number of aliphatic carboxylic acids is 2. The Bertz CT molecular complexity index is 485. The number of carbonyl (C=O) groups excluding carboxylic acids is 1. The summed E-state index contributed by atoms with van der Waals surface area (Å²) < 4.78 is 0.819. The van der Waals surface area contributed by atoms with E-state index in [0.717, 1.165) is 16.2 Å². The maximum absolute atomic E-state index is 11.9. The van der Waals surface area contributed by atoms with Crippen LogP contribution in [0.2, 0.25) is 0 Å². The van der Waals surface area contributed by atoms with Crippen LogP contribution in [-0.2, 0) is 9.59 Å². The molecule has 0 amide bonds. The first-order chi connectivity index (χ1) is 8.90. The second-order valence-corrected chi connectivity index (χ2v) is 5.77. The normalized spacial score (nSPS) is 11.8. The molecule has 0 bridgehead atoms. The maximum Gasteiger partial charge on any atom is 0.317 e. The molecule has 0 aliphatic heterocycles. The van der Waals surface area contributed by atoms with Crippen LogP contribution in [0.15, 0.2) is 28.7 Å². The van der Waals surface area contributed by atoms with Crippen LogP contribution < -0.4 is 0 Å². The molecule has 0 spiro atoms. The SMILES string of the molecule is O=C(O)CSC(CC(=O)c1ccc(Br)cc1)C(=O)O. The average Bonchev–Trinajstić information content (AvgIpc) is 2.34. The Morgan fingerprint density at radius 3 is 2.21 bits per heavy atom. The van der Waals surface area contributed by atoms with Crippen molar-refractivity contribution in [3.8, 4) is 0 Å². The second-order valence-electron chi connectivity index (χ2n) is 3.67. The van der Waals surface area contributed by atoms with E-state index in [0.29, 0.717) is 5.56 Å². The van der Waals surface area contributed by atoms with Gasteiger partial charge in [-0.15, -0.1) is 11.8 Å². The maximum atomic E-state index is 11.9. The summed E-state index contributed by atoms with van der Waals surface area (Å²) >= 11 is 3.97. The molecule has 1 rings (SSSR count). The Balaban J connectivity index is 2.68. The quantitative estimate of drug-likeness (QED) is 0.736. The van der Waals surface area contributed by atoms with Crippen molar-refractivity contribution >= 4 is 45.4 Å². The zero-order valence-electron chi connectivity index (χ0n) is 9.71. The molecule has 1 atom stereocenters. The van der Waals surface area contributed by atoms with Gasteiger partial charge in [-0.05, 0) is 12.1 Å². The van der Waals surface area contributed by atoms with Gasteiger partial charge in [0.25, 0.3) is 0 Å². The first kappa shape index (κ1) is 15.7. The van der Waals surface area contributed by atoms with Crippen LogP contribution in [0.4, 0.5) is 0 Å². The summed E-state index contributed by atoms with van der Waals surface area (Å²) in [4.78, 5) is 33.3. The van der Waals surface area contributed by atoms with Gasteiger partial charge in [-0.2, -0.15) is 0 Å². The van der Waals surface area contributed by atoms with Crippen molar-refractivity contribution in [2.24, 2.45) is 0 Å². The van der Waals surface area contributed by atoms with Crippen LogP contribution in [-0.4, -0.2) is 38.9 Å².